The van der Waals surface area contributed by atoms with E-state index in [2.05, 4.69) is 20.3 Å². The van der Waals surface area contributed by atoms with Crippen molar-refractivity contribution in [3.63, 3.8) is 0 Å². The van der Waals surface area contributed by atoms with Crippen LogP contribution in [0, 0.1) is 0 Å². The number of nitrogens with zero attached hydrogens (tertiary/aromatic N) is 5. The van der Waals surface area contributed by atoms with Crippen molar-refractivity contribution in [3.05, 3.63) is 30.5 Å². The van der Waals surface area contributed by atoms with Gasteiger partial charge < -0.3 is 19.5 Å². The van der Waals surface area contributed by atoms with Gasteiger partial charge in [0.05, 0.1) is 19.2 Å². The summed E-state index contributed by atoms with van der Waals surface area (Å²) in [6, 6.07) is 2.23. The number of imidazole rings is 1. The summed E-state index contributed by atoms with van der Waals surface area (Å²) in [6.45, 7) is 2.27. The number of hydrogen-bond donors (Lipinski definition) is 1. The molecule has 0 saturated carbocycles. The Hall–Kier alpha value is -2.15. The van der Waals surface area contributed by atoms with Gasteiger partial charge in [-0.15, -0.1) is 0 Å². The van der Waals surface area contributed by atoms with Crippen LogP contribution in [0.5, 0.6) is 0 Å². The molecule has 1 aliphatic rings. The van der Waals surface area contributed by atoms with Gasteiger partial charge in [0.1, 0.15) is 11.6 Å². The maximum absolute atomic E-state index is 5.49. The first kappa shape index (κ1) is 14.8. The summed E-state index contributed by atoms with van der Waals surface area (Å²) in [4.78, 5) is 15.3. The number of rotatable bonds is 5. The molecule has 0 aliphatic carbocycles. The van der Waals surface area contributed by atoms with E-state index < -0.39 is 0 Å². The molecule has 1 unspecified atom stereocenters. The van der Waals surface area contributed by atoms with Crippen LogP contribution in [0.25, 0.3) is 0 Å². The summed E-state index contributed by atoms with van der Waals surface area (Å²) >= 11 is 0. The van der Waals surface area contributed by atoms with E-state index in [0.717, 1.165) is 37.7 Å². The van der Waals surface area contributed by atoms with Crippen LogP contribution in [0.4, 0.5) is 11.8 Å². The van der Waals surface area contributed by atoms with E-state index in [9.17, 15) is 0 Å². The number of ether oxygens (including phenoxy) is 1. The second-order valence-corrected chi connectivity index (χ2v) is 5.61. The van der Waals surface area contributed by atoms with Crippen molar-refractivity contribution in [1.82, 2.24) is 19.5 Å². The molecule has 1 N–H and O–H groups in total. The number of nitrogens with one attached hydrogen (secondary N) is 1. The maximum atomic E-state index is 5.49. The van der Waals surface area contributed by atoms with E-state index in [1.807, 2.05) is 35.8 Å². The van der Waals surface area contributed by atoms with Gasteiger partial charge in [0.15, 0.2) is 0 Å². The summed E-state index contributed by atoms with van der Waals surface area (Å²) < 4.78 is 7.49. The zero-order valence-electron chi connectivity index (χ0n) is 13.1. The van der Waals surface area contributed by atoms with E-state index in [4.69, 9.17) is 4.74 Å². The molecule has 2 aromatic rings. The standard InChI is InChI=1S/C15H22N6O/c1-20-8-7-16-14(20)10-21(2)15-17-6-5-13(19-15)18-12-4-3-9-22-11-12/h5-8,12H,3-4,9-11H2,1-2H3,(H,17,18,19). The molecular formula is C15H22N6O. The lowest BCUT2D eigenvalue weighted by molar-refractivity contribution is 0.0875. The fraction of sp³-hybridized carbons (Fsp3) is 0.533. The monoisotopic (exact) mass is 302 g/mol. The normalized spacial score (nSPS) is 18.2. The summed E-state index contributed by atoms with van der Waals surface area (Å²) in [5, 5.41) is 3.42. The van der Waals surface area contributed by atoms with Gasteiger partial charge >= 0.3 is 0 Å². The van der Waals surface area contributed by atoms with Gasteiger partial charge in [0.2, 0.25) is 5.95 Å². The minimum absolute atomic E-state index is 0.330. The van der Waals surface area contributed by atoms with Gasteiger partial charge in [-0.1, -0.05) is 0 Å². The highest BCUT2D eigenvalue weighted by atomic mass is 16.5. The predicted octanol–water partition coefficient (Wildman–Crippen LogP) is 1.44. The fourth-order valence-corrected chi connectivity index (χ4v) is 2.51. The van der Waals surface area contributed by atoms with Crippen LogP contribution in [-0.4, -0.2) is 45.8 Å². The molecule has 1 fully saturated rings. The van der Waals surface area contributed by atoms with Gasteiger partial charge in [-0.05, 0) is 18.9 Å². The SMILES string of the molecule is CN(Cc1nccn1C)c1nccc(NC2CCCOC2)n1. The third-order valence-corrected chi connectivity index (χ3v) is 3.80. The number of anilines is 2. The summed E-state index contributed by atoms with van der Waals surface area (Å²) in [5.74, 6) is 2.50. The first-order valence-electron chi connectivity index (χ1n) is 7.57. The quantitative estimate of drug-likeness (QED) is 0.901. The molecule has 3 heterocycles. The van der Waals surface area contributed by atoms with Crippen molar-refractivity contribution < 1.29 is 4.74 Å². The third kappa shape index (κ3) is 3.54. The third-order valence-electron chi connectivity index (χ3n) is 3.80. The van der Waals surface area contributed by atoms with Gasteiger partial charge in [-0.3, -0.25) is 0 Å². The van der Waals surface area contributed by atoms with E-state index in [0.29, 0.717) is 18.5 Å². The molecule has 7 nitrogen and oxygen atoms in total. The maximum Gasteiger partial charge on any atom is 0.227 e. The molecule has 1 aliphatic heterocycles. The number of aromatic nitrogens is 4. The molecule has 118 valence electrons. The van der Waals surface area contributed by atoms with Crippen LogP contribution in [0.1, 0.15) is 18.7 Å². The highest BCUT2D eigenvalue weighted by Gasteiger charge is 2.15. The van der Waals surface area contributed by atoms with E-state index in [1.165, 1.54) is 0 Å². The lowest BCUT2D eigenvalue weighted by Gasteiger charge is -2.24. The van der Waals surface area contributed by atoms with E-state index >= 15 is 0 Å². The minimum atomic E-state index is 0.330. The minimum Gasteiger partial charge on any atom is -0.379 e. The smallest absolute Gasteiger partial charge is 0.227 e. The van der Waals surface area contributed by atoms with Gasteiger partial charge in [-0.25, -0.2) is 9.97 Å². The van der Waals surface area contributed by atoms with Crippen molar-refractivity contribution in [2.75, 3.05) is 30.5 Å². The van der Waals surface area contributed by atoms with Crippen LogP contribution in [-0.2, 0) is 18.3 Å². The molecule has 7 heteroatoms. The summed E-state index contributed by atoms with van der Waals surface area (Å²) in [6.07, 6.45) is 7.72. The molecular weight excluding hydrogens is 280 g/mol. The van der Waals surface area contributed by atoms with Gasteiger partial charge in [-0.2, -0.15) is 4.98 Å². The Bertz CT molecular complexity index is 608. The highest BCUT2D eigenvalue weighted by molar-refractivity contribution is 5.41. The molecule has 0 radical (unpaired) electrons. The average molecular weight is 302 g/mol. The lowest BCUT2D eigenvalue weighted by Crippen LogP contribution is -2.30. The Balaban J connectivity index is 1.66. The Morgan fingerprint density at radius 3 is 3.05 bits per heavy atom. The fourth-order valence-electron chi connectivity index (χ4n) is 2.51. The Labute approximate surface area is 130 Å². The highest BCUT2D eigenvalue weighted by Crippen LogP contribution is 2.15. The zero-order chi connectivity index (χ0) is 15.4. The Morgan fingerprint density at radius 1 is 1.41 bits per heavy atom. The number of hydrogen-bond acceptors (Lipinski definition) is 6. The predicted molar refractivity (Wildman–Crippen MR) is 84.8 cm³/mol. The molecule has 3 rings (SSSR count). The summed E-state index contributed by atoms with van der Waals surface area (Å²) in [7, 11) is 3.95. The topological polar surface area (TPSA) is 68.1 Å². The van der Waals surface area contributed by atoms with Crippen molar-refractivity contribution in [3.8, 4) is 0 Å². The summed E-state index contributed by atoms with van der Waals surface area (Å²) in [5.41, 5.74) is 0. The van der Waals surface area contributed by atoms with Gasteiger partial charge in [0, 0.05) is 39.3 Å². The second-order valence-electron chi connectivity index (χ2n) is 5.61. The van der Waals surface area contributed by atoms with Crippen molar-refractivity contribution in [1.29, 1.82) is 0 Å². The first-order valence-corrected chi connectivity index (χ1v) is 7.57. The van der Waals surface area contributed by atoms with Crippen molar-refractivity contribution in [2.24, 2.45) is 7.05 Å². The molecule has 1 saturated heterocycles. The van der Waals surface area contributed by atoms with Crippen LogP contribution >= 0.6 is 0 Å². The first-order chi connectivity index (χ1) is 10.7. The van der Waals surface area contributed by atoms with Crippen molar-refractivity contribution in [2.45, 2.75) is 25.4 Å². The average Bonchev–Trinajstić information content (AvgIpc) is 2.94. The van der Waals surface area contributed by atoms with E-state index in [1.54, 1.807) is 12.4 Å². The van der Waals surface area contributed by atoms with Crippen LogP contribution in [0.15, 0.2) is 24.7 Å². The van der Waals surface area contributed by atoms with Crippen molar-refractivity contribution >= 4 is 11.8 Å². The van der Waals surface area contributed by atoms with E-state index in [-0.39, 0.29) is 0 Å². The van der Waals surface area contributed by atoms with Crippen LogP contribution in [0.3, 0.4) is 0 Å². The number of aryl methyl sites for hydroxylation is 1. The molecule has 0 amide bonds. The molecule has 0 aromatic carbocycles. The Kier molecular flexibility index (Phi) is 4.53. The molecule has 2 aromatic heterocycles. The zero-order valence-corrected chi connectivity index (χ0v) is 13.1. The largest absolute Gasteiger partial charge is 0.379 e. The Morgan fingerprint density at radius 2 is 2.32 bits per heavy atom. The molecule has 0 bridgehead atoms. The molecule has 0 spiro atoms. The second kappa shape index (κ2) is 6.74. The van der Waals surface area contributed by atoms with Crippen LogP contribution in [0.2, 0.25) is 0 Å². The van der Waals surface area contributed by atoms with Gasteiger partial charge in [0.25, 0.3) is 0 Å². The van der Waals surface area contributed by atoms with Crippen LogP contribution < -0.4 is 10.2 Å². The lowest BCUT2D eigenvalue weighted by atomic mass is 10.1. The molecule has 22 heavy (non-hydrogen) atoms. The molecule has 1 atom stereocenters.